The topological polar surface area (TPSA) is 12.0 Å². The molecule has 1 aromatic carbocycles. The summed E-state index contributed by atoms with van der Waals surface area (Å²) >= 11 is 0. The van der Waals surface area contributed by atoms with Gasteiger partial charge in [0.15, 0.2) is 0 Å². The molecule has 0 spiro atoms. The highest BCUT2D eigenvalue weighted by molar-refractivity contribution is 5.51. The molecule has 1 fully saturated rings. The average Bonchev–Trinajstić information content (AvgIpc) is 3.05. The fourth-order valence-corrected chi connectivity index (χ4v) is 2.00. The molecule has 0 heterocycles. The molecule has 1 nitrogen and oxygen atoms in total. The molecule has 1 aliphatic carbocycles. The molecule has 0 unspecified atom stereocenters. The molecule has 1 aromatic rings. The van der Waals surface area contributed by atoms with Gasteiger partial charge in [-0.2, -0.15) is 0 Å². The van der Waals surface area contributed by atoms with Crippen LogP contribution in [0.15, 0.2) is 24.3 Å². The first kappa shape index (κ1) is 10.5. The van der Waals surface area contributed by atoms with E-state index in [0.29, 0.717) is 0 Å². The Bertz CT molecular complexity index is 302. The van der Waals surface area contributed by atoms with Gasteiger partial charge in [-0.25, -0.2) is 0 Å². The second-order valence-corrected chi connectivity index (χ2v) is 4.57. The summed E-state index contributed by atoms with van der Waals surface area (Å²) in [6, 6.07) is 8.70. The third-order valence-electron chi connectivity index (χ3n) is 3.10. The van der Waals surface area contributed by atoms with Crippen LogP contribution in [0.5, 0.6) is 0 Å². The van der Waals surface area contributed by atoms with E-state index in [0.717, 1.165) is 12.5 Å². The van der Waals surface area contributed by atoms with Crippen LogP contribution >= 0.6 is 0 Å². The SMILES string of the molecule is CCCc1ccccc1NCCC1CC1. The second kappa shape index (κ2) is 5.20. The molecule has 1 N–H and O–H groups in total. The van der Waals surface area contributed by atoms with Crippen molar-refractivity contribution in [2.45, 2.75) is 39.0 Å². The minimum atomic E-state index is 1.02. The van der Waals surface area contributed by atoms with Gasteiger partial charge in [0.05, 0.1) is 0 Å². The number of para-hydroxylation sites is 1. The van der Waals surface area contributed by atoms with Crippen molar-refractivity contribution in [3.8, 4) is 0 Å². The molecule has 0 bridgehead atoms. The van der Waals surface area contributed by atoms with Gasteiger partial charge >= 0.3 is 0 Å². The van der Waals surface area contributed by atoms with E-state index < -0.39 is 0 Å². The first-order valence-electron chi connectivity index (χ1n) is 6.22. The van der Waals surface area contributed by atoms with Crippen molar-refractivity contribution in [1.29, 1.82) is 0 Å². The van der Waals surface area contributed by atoms with Crippen LogP contribution in [0.2, 0.25) is 0 Å². The third-order valence-corrected chi connectivity index (χ3v) is 3.10. The van der Waals surface area contributed by atoms with E-state index in [1.54, 1.807) is 0 Å². The first-order valence-corrected chi connectivity index (χ1v) is 6.22. The number of rotatable bonds is 6. The quantitative estimate of drug-likeness (QED) is 0.740. The van der Waals surface area contributed by atoms with Crippen LogP contribution in [-0.2, 0) is 6.42 Å². The molecular weight excluding hydrogens is 182 g/mol. The Morgan fingerprint density at radius 3 is 2.80 bits per heavy atom. The largest absolute Gasteiger partial charge is 0.385 e. The molecule has 0 atom stereocenters. The summed E-state index contributed by atoms with van der Waals surface area (Å²) in [5, 5.41) is 3.57. The zero-order chi connectivity index (χ0) is 10.5. The Balaban J connectivity index is 1.86. The number of anilines is 1. The summed E-state index contributed by atoms with van der Waals surface area (Å²) in [6.07, 6.45) is 6.67. The van der Waals surface area contributed by atoms with E-state index in [1.165, 1.54) is 43.4 Å². The van der Waals surface area contributed by atoms with Crippen molar-refractivity contribution < 1.29 is 0 Å². The Morgan fingerprint density at radius 1 is 1.27 bits per heavy atom. The van der Waals surface area contributed by atoms with Crippen molar-refractivity contribution >= 4 is 5.69 Å². The Labute approximate surface area is 92.9 Å². The van der Waals surface area contributed by atoms with Crippen LogP contribution in [0, 0.1) is 5.92 Å². The summed E-state index contributed by atoms with van der Waals surface area (Å²) < 4.78 is 0. The van der Waals surface area contributed by atoms with Crippen molar-refractivity contribution in [1.82, 2.24) is 0 Å². The molecule has 0 saturated heterocycles. The second-order valence-electron chi connectivity index (χ2n) is 4.57. The standard InChI is InChI=1S/C14H21N/c1-2-5-13-6-3-4-7-14(13)15-11-10-12-8-9-12/h3-4,6-7,12,15H,2,5,8-11H2,1H3. The van der Waals surface area contributed by atoms with Gasteiger partial charge in [-0.3, -0.25) is 0 Å². The Morgan fingerprint density at radius 2 is 2.07 bits per heavy atom. The van der Waals surface area contributed by atoms with E-state index >= 15 is 0 Å². The lowest BCUT2D eigenvalue weighted by Gasteiger charge is -2.10. The third kappa shape index (κ3) is 3.26. The summed E-state index contributed by atoms with van der Waals surface area (Å²) in [5.74, 6) is 1.02. The molecule has 0 radical (unpaired) electrons. The molecule has 0 aromatic heterocycles. The molecule has 2 rings (SSSR count). The predicted molar refractivity (Wildman–Crippen MR) is 66.3 cm³/mol. The van der Waals surface area contributed by atoms with Crippen LogP contribution < -0.4 is 5.32 Å². The highest BCUT2D eigenvalue weighted by atomic mass is 14.9. The summed E-state index contributed by atoms with van der Waals surface area (Å²) in [6.45, 7) is 3.38. The van der Waals surface area contributed by atoms with Gasteiger partial charge < -0.3 is 5.32 Å². The molecule has 1 heteroatoms. The first-order chi connectivity index (χ1) is 7.40. The molecule has 1 saturated carbocycles. The van der Waals surface area contributed by atoms with Gasteiger partial charge in [-0.05, 0) is 30.4 Å². The van der Waals surface area contributed by atoms with Crippen LogP contribution in [0.1, 0.15) is 38.2 Å². The summed E-state index contributed by atoms with van der Waals surface area (Å²) in [7, 11) is 0. The minimum absolute atomic E-state index is 1.02. The van der Waals surface area contributed by atoms with Crippen molar-refractivity contribution in [3.05, 3.63) is 29.8 Å². The van der Waals surface area contributed by atoms with Gasteiger partial charge in [-0.15, -0.1) is 0 Å². The average molecular weight is 203 g/mol. The molecule has 0 amide bonds. The van der Waals surface area contributed by atoms with E-state index in [9.17, 15) is 0 Å². The van der Waals surface area contributed by atoms with Crippen molar-refractivity contribution in [2.24, 2.45) is 5.92 Å². The van der Waals surface area contributed by atoms with Gasteiger partial charge in [0.25, 0.3) is 0 Å². The number of benzene rings is 1. The number of aryl methyl sites for hydroxylation is 1. The maximum absolute atomic E-state index is 3.57. The smallest absolute Gasteiger partial charge is 0.0372 e. The van der Waals surface area contributed by atoms with Crippen LogP contribution in [0.25, 0.3) is 0 Å². The number of hydrogen-bond donors (Lipinski definition) is 1. The maximum Gasteiger partial charge on any atom is 0.0372 e. The van der Waals surface area contributed by atoms with Crippen molar-refractivity contribution in [3.63, 3.8) is 0 Å². The zero-order valence-electron chi connectivity index (χ0n) is 9.63. The lowest BCUT2D eigenvalue weighted by atomic mass is 10.1. The van der Waals surface area contributed by atoms with Crippen LogP contribution in [0.3, 0.4) is 0 Å². The molecule has 15 heavy (non-hydrogen) atoms. The fraction of sp³-hybridized carbons (Fsp3) is 0.571. The van der Waals surface area contributed by atoms with E-state index in [-0.39, 0.29) is 0 Å². The van der Waals surface area contributed by atoms with Gasteiger partial charge in [0.2, 0.25) is 0 Å². The Hall–Kier alpha value is -0.980. The molecule has 1 aliphatic rings. The normalized spacial score (nSPS) is 15.3. The number of hydrogen-bond acceptors (Lipinski definition) is 1. The van der Waals surface area contributed by atoms with E-state index in [4.69, 9.17) is 0 Å². The highest BCUT2D eigenvalue weighted by Crippen LogP contribution is 2.32. The van der Waals surface area contributed by atoms with Crippen LogP contribution in [-0.4, -0.2) is 6.54 Å². The van der Waals surface area contributed by atoms with Gasteiger partial charge in [0.1, 0.15) is 0 Å². The minimum Gasteiger partial charge on any atom is -0.385 e. The summed E-state index contributed by atoms with van der Waals surface area (Å²) in [5.41, 5.74) is 2.82. The van der Waals surface area contributed by atoms with Crippen molar-refractivity contribution in [2.75, 3.05) is 11.9 Å². The lowest BCUT2D eigenvalue weighted by molar-refractivity contribution is 0.759. The van der Waals surface area contributed by atoms with Gasteiger partial charge in [-0.1, -0.05) is 44.4 Å². The number of nitrogens with one attached hydrogen (secondary N) is 1. The lowest BCUT2D eigenvalue weighted by Crippen LogP contribution is -2.04. The zero-order valence-corrected chi connectivity index (χ0v) is 9.63. The maximum atomic E-state index is 3.57. The van der Waals surface area contributed by atoms with Crippen LogP contribution in [0.4, 0.5) is 5.69 Å². The van der Waals surface area contributed by atoms with E-state index in [2.05, 4.69) is 36.5 Å². The molecule has 0 aliphatic heterocycles. The fourth-order valence-electron chi connectivity index (χ4n) is 2.00. The van der Waals surface area contributed by atoms with E-state index in [1.807, 2.05) is 0 Å². The molecule has 82 valence electrons. The molecular formula is C14H21N. The Kier molecular flexibility index (Phi) is 3.65. The van der Waals surface area contributed by atoms with Gasteiger partial charge in [0, 0.05) is 12.2 Å². The highest BCUT2D eigenvalue weighted by Gasteiger charge is 2.20. The monoisotopic (exact) mass is 203 g/mol. The predicted octanol–water partition coefficient (Wildman–Crippen LogP) is 3.85. The summed E-state index contributed by atoms with van der Waals surface area (Å²) in [4.78, 5) is 0.